The molecule has 2 atom stereocenters. The summed E-state index contributed by atoms with van der Waals surface area (Å²) in [5.41, 5.74) is 1.20. The molecule has 0 aliphatic carbocycles. The molecule has 250 valence electrons. The zero-order valence-electron chi connectivity index (χ0n) is 27.7. The maximum atomic E-state index is 16.7. The second kappa shape index (κ2) is 12.8. The van der Waals surface area contributed by atoms with Gasteiger partial charge in [0.05, 0.1) is 10.9 Å². The topological polar surface area (TPSA) is 69.7 Å². The highest BCUT2D eigenvalue weighted by Crippen LogP contribution is 2.41. The number of piperazine rings is 1. The molecule has 4 aliphatic heterocycles. The number of halogens is 2. The summed E-state index contributed by atoms with van der Waals surface area (Å²) in [5, 5.41) is 5.36. The maximum absolute atomic E-state index is 16.7. The van der Waals surface area contributed by atoms with Gasteiger partial charge in [-0.2, -0.15) is 9.97 Å². The largest absolute Gasteiger partial charge is 0.462 e. The van der Waals surface area contributed by atoms with Crippen LogP contribution in [-0.2, 0) is 0 Å². The van der Waals surface area contributed by atoms with Gasteiger partial charge in [0.2, 0.25) is 0 Å². The molecule has 8 nitrogen and oxygen atoms in total. The van der Waals surface area contributed by atoms with Crippen molar-refractivity contribution in [2.24, 2.45) is 5.41 Å². The van der Waals surface area contributed by atoms with Crippen molar-refractivity contribution in [2.75, 3.05) is 63.9 Å². The number of likely N-dealkylation sites (tertiary alicyclic amines) is 2. The minimum absolute atomic E-state index is 0.0678. The second-order valence-electron chi connectivity index (χ2n) is 14.2. The van der Waals surface area contributed by atoms with Gasteiger partial charge in [0.1, 0.15) is 29.5 Å². The van der Waals surface area contributed by atoms with E-state index >= 15 is 4.39 Å². The Labute approximate surface area is 280 Å². The zero-order valence-corrected chi connectivity index (χ0v) is 27.7. The Balaban J connectivity index is 1.09. The normalized spacial score (nSPS) is 22.8. The van der Waals surface area contributed by atoms with E-state index in [4.69, 9.17) is 16.1 Å². The van der Waals surface area contributed by atoms with Crippen LogP contribution >= 0.6 is 0 Å². The third kappa shape index (κ3) is 5.76. The van der Waals surface area contributed by atoms with Crippen molar-refractivity contribution in [1.29, 1.82) is 0 Å². The Morgan fingerprint density at radius 1 is 0.979 bits per heavy atom. The molecule has 0 saturated carbocycles. The predicted molar refractivity (Wildman–Crippen MR) is 185 cm³/mol. The van der Waals surface area contributed by atoms with Crippen molar-refractivity contribution in [3.63, 3.8) is 0 Å². The number of benzene rings is 2. The quantitative estimate of drug-likeness (QED) is 0.259. The zero-order chi connectivity index (χ0) is 32.8. The first kappa shape index (κ1) is 31.4. The Bertz CT molecular complexity index is 1860. The molecule has 2 bridgehead atoms. The van der Waals surface area contributed by atoms with Crippen LogP contribution in [0.5, 0.6) is 6.01 Å². The van der Waals surface area contributed by atoms with Crippen LogP contribution in [0.25, 0.3) is 32.9 Å². The van der Waals surface area contributed by atoms with Crippen LogP contribution < -0.4 is 15.0 Å². The first-order chi connectivity index (χ1) is 23.4. The number of hydrogen-bond acceptors (Lipinski definition) is 8. The SMILES string of the molecule is C#Cc1c(F)ccc2cccc(-c3ncc4c(N5CC6CCC(C5)N6)nc(OCCN5CCC6(CCN(CC)CC6)CC5)nc4c3F)c12. The van der Waals surface area contributed by atoms with Crippen LogP contribution in [0.15, 0.2) is 36.5 Å². The molecule has 1 spiro atoms. The molecule has 4 fully saturated rings. The summed E-state index contributed by atoms with van der Waals surface area (Å²) in [5.74, 6) is 1.97. The Morgan fingerprint density at radius 2 is 1.71 bits per heavy atom. The number of anilines is 1. The van der Waals surface area contributed by atoms with Crippen LogP contribution in [0.4, 0.5) is 14.6 Å². The summed E-state index contributed by atoms with van der Waals surface area (Å²) >= 11 is 0. The summed E-state index contributed by atoms with van der Waals surface area (Å²) in [7, 11) is 0. The number of nitrogens with one attached hydrogen (secondary N) is 1. The van der Waals surface area contributed by atoms with E-state index < -0.39 is 11.6 Å². The van der Waals surface area contributed by atoms with Crippen LogP contribution in [0.3, 0.4) is 0 Å². The fraction of sp³-hybridized carbons (Fsp3) is 0.500. The number of ether oxygens (including phenoxy) is 1. The number of hydrogen-bond donors (Lipinski definition) is 1. The summed E-state index contributed by atoms with van der Waals surface area (Å²) in [4.78, 5) is 21.4. The van der Waals surface area contributed by atoms with Gasteiger partial charge >= 0.3 is 6.01 Å². The number of terminal acetylenes is 1. The summed E-state index contributed by atoms with van der Waals surface area (Å²) in [6.45, 7) is 10.7. The van der Waals surface area contributed by atoms with E-state index in [1.54, 1.807) is 24.4 Å². The molecule has 4 aromatic rings. The highest BCUT2D eigenvalue weighted by molar-refractivity contribution is 6.02. The molecule has 4 saturated heterocycles. The number of piperidine rings is 2. The van der Waals surface area contributed by atoms with Gasteiger partial charge in [0.25, 0.3) is 0 Å². The van der Waals surface area contributed by atoms with E-state index in [1.807, 2.05) is 6.07 Å². The Morgan fingerprint density at radius 3 is 2.42 bits per heavy atom. The van der Waals surface area contributed by atoms with Crippen molar-refractivity contribution in [3.8, 4) is 29.6 Å². The predicted octanol–water partition coefficient (Wildman–Crippen LogP) is 5.62. The van der Waals surface area contributed by atoms with E-state index in [-0.39, 0.29) is 22.8 Å². The number of aromatic nitrogens is 3. The van der Waals surface area contributed by atoms with Crippen molar-refractivity contribution >= 4 is 27.5 Å². The van der Waals surface area contributed by atoms with Crippen molar-refractivity contribution in [2.45, 2.75) is 57.5 Å². The van der Waals surface area contributed by atoms with E-state index in [9.17, 15) is 4.39 Å². The molecular weight excluding hydrogens is 608 g/mol. The lowest BCUT2D eigenvalue weighted by Crippen LogP contribution is -2.51. The van der Waals surface area contributed by atoms with Gasteiger partial charge in [-0.15, -0.1) is 6.42 Å². The molecule has 2 aromatic carbocycles. The molecule has 6 heterocycles. The van der Waals surface area contributed by atoms with Gasteiger partial charge < -0.3 is 19.9 Å². The first-order valence-corrected chi connectivity index (χ1v) is 17.6. The van der Waals surface area contributed by atoms with Crippen LogP contribution in [0, 0.1) is 29.4 Å². The lowest BCUT2D eigenvalue weighted by molar-refractivity contribution is 0.0323. The molecule has 1 N–H and O–H groups in total. The van der Waals surface area contributed by atoms with Crippen molar-refractivity contribution < 1.29 is 13.5 Å². The Hall–Kier alpha value is -3.91. The minimum atomic E-state index is -0.603. The molecule has 4 aliphatic rings. The Kier molecular flexibility index (Phi) is 8.39. The number of pyridine rings is 1. The van der Waals surface area contributed by atoms with Crippen molar-refractivity contribution in [1.82, 2.24) is 30.1 Å². The maximum Gasteiger partial charge on any atom is 0.319 e. The van der Waals surface area contributed by atoms with E-state index in [2.05, 4.69) is 42.8 Å². The van der Waals surface area contributed by atoms with Gasteiger partial charge in [-0.3, -0.25) is 9.88 Å². The molecule has 8 rings (SSSR count). The molecule has 0 radical (unpaired) electrons. The first-order valence-electron chi connectivity index (χ1n) is 17.6. The van der Waals surface area contributed by atoms with Gasteiger partial charge in [0, 0.05) is 48.9 Å². The second-order valence-corrected chi connectivity index (χ2v) is 14.2. The lowest BCUT2D eigenvalue weighted by Gasteiger charge is -2.46. The smallest absolute Gasteiger partial charge is 0.319 e. The standard InChI is InChI=1S/C38H43F2N7O/c1-3-28-31(39)11-8-25-6-5-7-29(32(25)28)34-33(40)35-30(22-41-34)36(47-23-26-9-10-27(24-47)42-26)44-37(43-35)48-21-20-46-18-14-38(15-19-46)12-16-45(4-2)17-13-38/h1,5-8,11,22,26-27,42H,4,9-10,12-21,23-24H2,2H3. The highest BCUT2D eigenvalue weighted by Gasteiger charge is 2.37. The van der Waals surface area contributed by atoms with Crippen LogP contribution in [-0.4, -0.2) is 95.8 Å². The third-order valence-corrected chi connectivity index (χ3v) is 11.5. The molecular formula is C38H43F2N7O. The highest BCUT2D eigenvalue weighted by atomic mass is 19.1. The van der Waals surface area contributed by atoms with Crippen LogP contribution in [0.2, 0.25) is 0 Å². The van der Waals surface area contributed by atoms with Gasteiger partial charge in [-0.05, 0) is 88.1 Å². The van der Waals surface area contributed by atoms with Gasteiger partial charge in [-0.25, -0.2) is 8.78 Å². The fourth-order valence-corrected chi connectivity index (χ4v) is 8.54. The lowest BCUT2D eigenvalue weighted by atomic mass is 9.71. The minimum Gasteiger partial charge on any atom is -0.462 e. The van der Waals surface area contributed by atoms with E-state index in [1.165, 1.54) is 44.8 Å². The van der Waals surface area contributed by atoms with Gasteiger partial charge in [0.15, 0.2) is 5.82 Å². The number of fused-ring (bicyclic) bond motifs is 4. The molecule has 10 heteroatoms. The fourth-order valence-electron chi connectivity index (χ4n) is 8.54. The average molecular weight is 652 g/mol. The monoisotopic (exact) mass is 651 g/mol. The number of rotatable bonds is 7. The molecule has 2 unspecified atom stereocenters. The van der Waals surface area contributed by atoms with E-state index in [0.29, 0.717) is 51.6 Å². The molecule has 48 heavy (non-hydrogen) atoms. The molecule has 2 aromatic heterocycles. The summed E-state index contributed by atoms with van der Waals surface area (Å²) in [6, 6.07) is 9.23. The van der Waals surface area contributed by atoms with Crippen molar-refractivity contribution in [3.05, 3.63) is 53.7 Å². The average Bonchev–Trinajstić information content (AvgIpc) is 3.46. The van der Waals surface area contributed by atoms with Crippen LogP contribution in [0.1, 0.15) is 51.0 Å². The number of nitrogens with zero attached hydrogens (tertiary/aromatic N) is 6. The third-order valence-electron chi connectivity index (χ3n) is 11.5. The van der Waals surface area contributed by atoms with Gasteiger partial charge in [-0.1, -0.05) is 37.1 Å². The van der Waals surface area contributed by atoms with E-state index in [0.717, 1.165) is 52.1 Å². The summed E-state index contributed by atoms with van der Waals surface area (Å²) < 4.78 is 37.8. The summed E-state index contributed by atoms with van der Waals surface area (Å²) in [6.07, 6.45) is 14.6. The molecule has 0 amide bonds.